The van der Waals surface area contributed by atoms with Crippen LogP contribution in [0, 0.1) is 11.8 Å². The second-order valence-electron chi connectivity index (χ2n) is 10.7. The molecule has 7 nitrogen and oxygen atoms in total. The number of unbranched alkanes of at least 4 members (excludes halogenated alkanes) is 2. The van der Waals surface area contributed by atoms with Crippen LogP contribution >= 0.6 is 0 Å². The minimum Gasteiger partial charge on any atom is -0.511 e. The molecule has 0 heterocycles. The van der Waals surface area contributed by atoms with Crippen molar-refractivity contribution in [1.29, 1.82) is 0 Å². The van der Waals surface area contributed by atoms with Gasteiger partial charge in [0.1, 0.15) is 17.3 Å². The first kappa shape index (κ1) is 28.0. The number of allylic oxidation sites excluding steroid dienone is 4. The molecule has 0 saturated heterocycles. The molecule has 3 aromatic rings. The number of carbonyl (C=O) groups is 2. The Balaban J connectivity index is 1.57. The van der Waals surface area contributed by atoms with Crippen LogP contribution < -0.4 is 15.8 Å². The van der Waals surface area contributed by atoms with Gasteiger partial charge < -0.3 is 26.0 Å². The van der Waals surface area contributed by atoms with Gasteiger partial charge in [0.15, 0.2) is 11.6 Å². The summed E-state index contributed by atoms with van der Waals surface area (Å²) in [6.07, 6.45) is 6.88. The second-order valence-corrected chi connectivity index (χ2v) is 10.7. The molecule has 5 rings (SSSR count). The van der Waals surface area contributed by atoms with Gasteiger partial charge in [-0.25, -0.2) is 0 Å². The predicted octanol–water partition coefficient (Wildman–Crippen LogP) is 7.09. The Morgan fingerprint density at radius 2 is 1.51 bits per heavy atom. The van der Waals surface area contributed by atoms with Crippen molar-refractivity contribution in [3.8, 4) is 11.5 Å². The molecule has 2 atom stereocenters. The highest BCUT2D eigenvalue weighted by Crippen LogP contribution is 2.47. The number of phenols is 1. The van der Waals surface area contributed by atoms with E-state index in [4.69, 9.17) is 10.5 Å². The number of nitrogens with one attached hydrogen (secondary N) is 1. The molecule has 41 heavy (non-hydrogen) atoms. The van der Waals surface area contributed by atoms with E-state index >= 15 is 0 Å². The van der Waals surface area contributed by atoms with Gasteiger partial charge in [-0.15, -0.1) is 0 Å². The van der Waals surface area contributed by atoms with E-state index in [1.165, 1.54) is 17.7 Å². The number of hydrogen-bond donors (Lipinski definition) is 4. The lowest BCUT2D eigenvalue weighted by molar-refractivity contribution is 0.0750. The highest BCUT2D eigenvalue weighted by atomic mass is 16.5. The van der Waals surface area contributed by atoms with Gasteiger partial charge in [0.05, 0.1) is 29.6 Å². The van der Waals surface area contributed by atoms with Crippen LogP contribution in [-0.4, -0.2) is 28.4 Å². The molecule has 0 amide bonds. The number of aliphatic hydroxyl groups excluding tert-OH is 1. The molecule has 2 aliphatic rings. The number of ether oxygens (including phenoxy) is 1. The van der Waals surface area contributed by atoms with E-state index in [2.05, 4.69) is 19.2 Å². The molecule has 7 heteroatoms. The Morgan fingerprint density at radius 3 is 2.20 bits per heavy atom. The number of ketones is 2. The normalized spacial score (nSPS) is 18.0. The number of aromatic hydroxyl groups is 1. The Morgan fingerprint density at radius 1 is 0.829 bits per heavy atom. The number of aryl methyl sites for hydroxylation is 1. The highest BCUT2D eigenvalue weighted by Gasteiger charge is 2.50. The summed E-state index contributed by atoms with van der Waals surface area (Å²) in [5.74, 6) is -3.02. The van der Waals surface area contributed by atoms with Gasteiger partial charge >= 0.3 is 0 Å². The summed E-state index contributed by atoms with van der Waals surface area (Å²) in [7, 11) is 0. The molecule has 0 radical (unpaired) electrons. The molecule has 0 bridgehead atoms. The Labute approximate surface area is 240 Å². The molecule has 0 aliphatic heterocycles. The molecule has 0 saturated carbocycles. The maximum Gasteiger partial charge on any atom is 0.177 e. The number of aliphatic hydroxyl groups is 1. The monoisotopic (exact) mass is 552 g/mol. The number of Topliss-reactive ketones (excluding diaryl/α,β-unsaturated/α-hetero) is 2. The van der Waals surface area contributed by atoms with Gasteiger partial charge in [0.2, 0.25) is 0 Å². The molecule has 3 aromatic carbocycles. The zero-order chi connectivity index (χ0) is 29.1. The van der Waals surface area contributed by atoms with Gasteiger partial charge in [0, 0.05) is 22.6 Å². The lowest BCUT2D eigenvalue weighted by Crippen LogP contribution is -2.42. The number of anilines is 2. The van der Waals surface area contributed by atoms with Gasteiger partial charge in [-0.3, -0.25) is 9.59 Å². The molecular weight excluding hydrogens is 516 g/mol. The fourth-order valence-electron chi connectivity index (χ4n) is 5.54. The second kappa shape index (κ2) is 11.9. The first-order valence-electron chi connectivity index (χ1n) is 14.3. The van der Waals surface area contributed by atoms with Crippen molar-refractivity contribution < 1.29 is 24.5 Å². The van der Waals surface area contributed by atoms with Crippen molar-refractivity contribution in [3.63, 3.8) is 0 Å². The van der Waals surface area contributed by atoms with Crippen LogP contribution in [0.15, 0.2) is 78.2 Å². The van der Waals surface area contributed by atoms with E-state index in [9.17, 15) is 19.8 Å². The maximum atomic E-state index is 13.9. The number of carbonyl (C=O) groups excluding carboxylic acids is 2. The molecule has 0 spiro atoms. The van der Waals surface area contributed by atoms with E-state index < -0.39 is 23.4 Å². The third-order valence-corrected chi connectivity index (χ3v) is 7.81. The molecule has 0 unspecified atom stereocenters. The van der Waals surface area contributed by atoms with Crippen molar-refractivity contribution in [2.75, 3.05) is 17.7 Å². The Hall–Kier alpha value is -4.52. The van der Waals surface area contributed by atoms with Crippen molar-refractivity contribution >= 4 is 28.5 Å². The Kier molecular flexibility index (Phi) is 8.15. The molecule has 2 aliphatic carbocycles. The fraction of sp³-hybridized carbons (Fsp3) is 0.294. The van der Waals surface area contributed by atoms with E-state index in [0.717, 1.165) is 37.8 Å². The van der Waals surface area contributed by atoms with Crippen LogP contribution in [-0.2, 0) is 6.42 Å². The van der Waals surface area contributed by atoms with Crippen molar-refractivity contribution in [2.45, 2.75) is 46.0 Å². The molecular formula is C34H36N2O5. The number of phenolic OH excluding ortho intramolecular Hbond substituents is 1. The molecule has 0 fully saturated rings. The Bertz CT molecular complexity index is 1520. The molecule has 212 valence electrons. The quantitative estimate of drug-likeness (QED) is 0.120. The van der Waals surface area contributed by atoms with Gasteiger partial charge in [-0.05, 0) is 72.9 Å². The van der Waals surface area contributed by atoms with Crippen molar-refractivity contribution in [3.05, 3.63) is 100 Å². The molecule has 0 aromatic heterocycles. The zero-order valence-electron chi connectivity index (χ0n) is 23.4. The average molecular weight is 553 g/mol. The average Bonchev–Trinajstić information content (AvgIpc) is 2.98. The third-order valence-electron chi connectivity index (χ3n) is 7.81. The summed E-state index contributed by atoms with van der Waals surface area (Å²) in [4.78, 5) is 27.8. The summed E-state index contributed by atoms with van der Waals surface area (Å²) < 4.78 is 5.79. The highest BCUT2D eigenvalue weighted by molar-refractivity contribution is 6.22. The van der Waals surface area contributed by atoms with Crippen LogP contribution in [0.4, 0.5) is 11.4 Å². The summed E-state index contributed by atoms with van der Waals surface area (Å²) in [5, 5.41) is 25.5. The number of nitrogens with two attached hydrogens (primary N) is 1. The first-order valence-corrected chi connectivity index (χ1v) is 14.3. The van der Waals surface area contributed by atoms with Crippen molar-refractivity contribution in [2.24, 2.45) is 11.8 Å². The fourth-order valence-corrected chi connectivity index (χ4v) is 5.54. The van der Waals surface area contributed by atoms with Crippen LogP contribution in [0.1, 0.15) is 71.4 Å². The number of fused-ring (bicyclic) bond motifs is 2. The van der Waals surface area contributed by atoms with E-state index in [0.29, 0.717) is 29.2 Å². The largest absolute Gasteiger partial charge is 0.511 e. The number of nitrogen functional groups attached to an aromatic ring is 1. The number of rotatable bonds is 10. The summed E-state index contributed by atoms with van der Waals surface area (Å²) >= 11 is 0. The van der Waals surface area contributed by atoms with Crippen LogP contribution in [0.2, 0.25) is 0 Å². The number of hydrogen-bond acceptors (Lipinski definition) is 7. The predicted molar refractivity (Wildman–Crippen MR) is 161 cm³/mol. The minimum absolute atomic E-state index is 0.0525. The SMILES string of the molecule is CCCCOc1ccc(C2=C(O)[C@@H]3C(=O)c4c(N)ccc(O)c4C(=O)[C@@H]3C(Nc3ccc(CCCC)cc3)=C2)cc1. The first-order chi connectivity index (χ1) is 19.8. The van der Waals surface area contributed by atoms with E-state index in [1.54, 1.807) is 6.08 Å². The van der Waals surface area contributed by atoms with E-state index in [-0.39, 0.29) is 28.3 Å². The van der Waals surface area contributed by atoms with Gasteiger partial charge in [-0.1, -0.05) is 51.0 Å². The summed E-state index contributed by atoms with van der Waals surface area (Å²) in [6, 6.07) is 18.0. The maximum absolute atomic E-state index is 13.9. The lowest BCUT2D eigenvalue weighted by Gasteiger charge is -2.36. The lowest BCUT2D eigenvalue weighted by atomic mass is 9.67. The van der Waals surface area contributed by atoms with Crippen LogP contribution in [0.5, 0.6) is 11.5 Å². The standard InChI is InChI=1S/C34H36N2O5/c1-3-5-7-20-8-12-22(13-9-20)36-26-19-24(21-10-14-23(15-11-21)41-18-6-4-2)32(38)31-29(26)34(40)30-27(37)17-16-25(35)28(30)33(31)39/h8-17,19,29,31,36-38H,3-7,18,35H2,1-2H3/t29-,31-/m1/s1. The zero-order valence-corrected chi connectivity index (χ0v) is 23.4. The number of benzene rings is 3. The van der Waals surface area contributed by atoms with Gasteiger partial charge in [-0.2, -0.15) is 0 Å². The molecule has 5 N–H and O–H groups in total. The summed E-state index contributed by atoms with van der Waals surface area (Å²) in [5.41, 5.74) is 9.57. The summed E-state index contributed by atoms with van der Waals surface area (Å²) in [6.45, 7) is 4.87. The smallest absolute Gasteiger partial charge is 0.177 e. The van der Waals surface area contributed by atoms with Crippen LogP contribution in [0.3, 0.4) is 0 Å². The topological polar surface area (TPSA) is 122 Å². The van der Waals surface area contributed by atoms with Gasteiger partial charge in [0.25, 0.3) is 0 Å². The van der Waals surface area contributed by atoms with E-state index in [1.807, 2.05) is 48.5 Å². The third kappa shape index (κ3) is 5.44. The van der Waals surface area contributed by atoms with Crippen molar-refractivity contribution in [1.82, 2.24) is 0 Å². The minimum atomic E-state index is -1.19. The van der Waals surface area contributed by atoms with Crippen LogP contribution in [0.25, 0.3) is 5.57 Å².